The van der Waals surface area contributed by atoms with Gasteiger partial charge in [0.25, 0.3) is 5.69 Å². The smallest absolute Gasteiger partial charge is 0.269 e. The van der Waals surface area contributed by atoms with Crippen molar-refractivity contribution in [1.82, 2.24) is 10.6 Å². The molecule has 0 aliphatic rings. The highest BCUT2D eigenvalue weighted by atomic mass is 31.0. The third kappa shape index (κ3) is 4.07. The lowest BCUT2D eigenvalue weighted by Gasteiger charge is -2.10. The van der Waals surface area contributed by atoms with E-state index in [1.165, 1.54) is 24.3 Å². The van der Waals surface area contributed by atoms with E-state index in [0.29, 0.717) is 5.56 Å². The van der Waals surface area contributed by atoms with E-state index in [0.717, 1.165) is 0 Å². The second-order valence-electron chi connectivity index (χ2n) is 3.26. The van der Waals surface area contributed by atoms with Crippen molar-refractivity contribution < 1.29 is 14.8 Å². The van der Waals surface area contributed by atoms with Gasteiger partial charge in [0.1, 0.15) is 0 Å². The van der Waals surface area contributed by atoms with Crippen LogP contribution in [0.15, 0.2) is 24.3 Å². The number of aliphatic hydroxyl groups is 1. The Bertz CT molecular complexity index is 409. The van der Waals surface area contributed by atoms with Crippen LogP contribution in [0, 0.1) is 10.1 Å². The fourth-order valence-corrected chi connectivity index (χ4v) is 1.40. The Hall–Kier alpha value is -1.56. The van der Waals surface area contributed by atoms with Crippen LogP contribution < -0.4 is 10.6 Å². The normalized spacial score (nSPS) is 11.9. The first-order valence-electron chi connectivity index (χ1n) is 4.71. The quantitative estimate of drug-likeness (QED) is 0.403. The highest BCUT2D eigenvalue weighted by Gasteiger charge is 2.13. The highest BCUT2D eigenvalue weighted by molar-refractivity contribution is 7.13. The maximum Gasteiger partial charge on any atom is 0.269 e. The Kier molecular flexibility index (Phi) is 4.96. The van der Waals surface area contributed by atoms with Crippen molar-refractivity contribution in [3.8, 4) is 0 Å². The molecule has 0 aliphatic carbocycles. The van der Waals surface area contributed by atoms with Crippen LogP contribution in [0.4, 0.5) is 5.69 Å². The second kappa shape index (κ2) is 6.24. The van der Waals surface area contributed by atoms with Crippen LogP contribution in [0.1, 0.15) is 18.1 Å². The van der Waals surface area contributed by atoms with Gasteiger partial charge >= 0.3 is 0 Å². The SMILES string of the molecule is O=C(CC(O)c1ccc([N+](=O)[O-])cc1)NNP. The Labute approximate surface area is 99.6 Å². The van der Waals surface area contributed by atoms with E-state index in [2.05, 4.69) is 20.0 Å². The van der Waals surface area contributed by atoms with Crippen LogP contribution >= 0.6 is 9.39 Å². The summed E-state index contributed by atoms with van der Waals surface area (Å²) >= 11 is 0. The summed E-state index contributed by atoms with van der Waals surface area (Å²) in [5.74, 6) is -0.383. The Morgan fingerprint density at radius 2 is 2.06 bits per heavy atom. The van der Waals surface area contributed by atoms with E-state index >= 15 is 0 Å². The van der Waals surface area contributed by atoms with Crippen molar-refractivity contribution in [3.63, 3.8) is 0 Å². The van der Waals surface area contributed by atoms with E-state index in [9.17, 15) is 20.0 Å². The Morgan fingerprint density at radius 1 is 1.47 bits per heavy atom. The fourth-order valence-electron chi connectivity index (χ4n) is 1.24. The van der Waals surface area contributed by atoms with Crippen LogP contribution in [-0.4, -0.2) is 15.9 Å². The third-order valence-corrected chi connectivity index (χ3v) is 2.22. The van der Waals surface area contributed by atoms with Crippen molar-refractivity contribution in [2.75, 3.05) is 0 Å². The minimum atomic E-state index is -0.992. The minimum Gasteiger partial charge on any atom is -0.388 e. The molecule has 0 aliphatic heterocycles. The molecule has 0 fully saturated rings. The lowest BCUT2D eigenvalue weighted by molar-refractivity contribution is -0.384. The number of rotatable bonds is 5. The molecule has 1 rings (SSSR count). The molecule has 1 aromatic carbocycles. The van der Waals surface area contributed by atoms with Gasteiger partial charge in [-0.3, -0.25) is 20.3 Å². The number of aliphatic hydroxyl groups excluding tert-OH is 1. The number of amides is 1. The number of nitrogens with one attached hydrogen (secondary N) is 2. The third-order valence-electron chi connectivity index (χ3n) is 2.08. The summed E-state index contributed by atoms with van der Waals surface area (Å²) in [6.07, 6.45) is -1.12. The van der Waals surface area contributed by atoms with Gasteiger partial charge in [-0.1, -0.05) is 0 Å². The van der Waals surface area contributed by atoms with E-state index < -0.39 is 11.0 Å². The van der Waals surface area contributed by atoms with Gasteiger partial charge in [-0.25, -0.2) is 5.20 Å². The molecule has 17 heavy (non-hydrogen) atoms. The number of benzene rings is 1. The van der Waals surface area contributed by atoms with Crippen molar-refractivity contribution in [2.24, 2.45) is 0 Å². The Balaban J connectivity index is 2.66. The molecule has 3 N–H and O–H groups in total. The number of carbonyl (C=O) groups is 1. The van der Waals surface area contributed by atoms with Crippen molar-refractivity contribution >= 4 is 21.0 Å². The average Bonchev–Trinajstić information content (AvgIpc) is 2.29. The van der Waals surface area contributed by atoms with Gasteiger partial charge in [0.15, 0.2) is 0 Å². The number of nitro benzene ring substituents is 1. The standard InChI is InChI=1S/C9H12N3O4P/c13-8(5-9(14)10-11-17)6-1-3-7(4-2-6)12(15)16/h1-4,8,11,13H,5,17H2,(H,10,14). The van der Waals surface area contributed by atoms with Crippen LogP contribution in [-0.2, 0) is 4.79 Å². The minimum absolute atomic E-state index is 0.0583. The van der Waals surface area contributed by atoms with Gasteiger partial charge in [-0.15, -0.1) is 0 Å². The maximum atomic E-state index is 11.1. The summed E-state index contributed by atoms with van der Waals surface area (Å²) in [6.45, 7) is 0. The lowest BCUT2D eigenvalue weighted by atomic mass is 10.1. The van der Waals surface area contributed by atoms with Crippen LogP contribution in [0.5, 0.6) is 0 Å². The molecule has 8 heteroatoms. The van der Waals surface area contributed by atoms with Crippen molar-refractivity contribution in [3.05, 3.63) is 39.9 Å². The summed E-state index contributed by atoms with van der Waals surface area (Å²) in [5, 5.41) is 22.5. The number of nitro groups is 1. The molecular formula is C9H12N3O4P. The number of hydrogen-bond acceptors (Lipinski definition) is 5. The summed E-state index contributed by atoms with van der Waals surface area (Å²) in [7, 11) is 2.09. The molecule has 1 aromatic rings. The number of carbonyl (C=O) groups excluding carboxylic acids is 1. The van der Waals surface area contributed by atoms with E-state index in [-0.39, 0.29) is 18.0 Å². The summed E-state index contributed by atoms with van der Waals surface area (Å²) in [4.78, 5) is 21.0. The first kappa shape index (κ1) is 13.5. The molecule has 0 saturated heterocycles. The highest BCUT2D eigenvalue weighted by Crippen LogP contribution is 2.19. The number of non-ortho nitro benzene ring substituents is 1. The van der Waals surface area contributed by atoms with Crippen molar-refractivity contribution in [2.45, 2.75) is 12.5 Å². The van der Waals surface area contributed by atoms with Gasteiger partial charge in [0.2, 0.25) is 5.91 Å². The van der Waals surface area contributed by atoms with Crippen LogP contribution in [0.2, 0.25) is 0 Å². The van der Waals surface area contributed by atoms with E-state index in [1.807, 2.05) is 0 Å². The summed E-state index contributed by atoms with van der Waals surface area (Å²) in [5.41, 5.74) is 2.68. The molecule has 0 spiro atoms. The lowest BCUT2D eigenvalue weighted by Crippen LogP contribution is -2.31. The number of hydrogen-bond donors (Lipinski definition) is 3. The molecule has 1 amide bonds. The first-order chi connectivity index (χ1) is 8.04. The van der Waals surface area contributed by atoms with Crippen LogP contribution in [0.25, 0.3) is 0 Å². The molecule has 92 valence electrons. The fraction of sp³-hybridized carbons (Fsp3) is 0.222. The van der Waals surface area contributed by atoms with Gasteiger partial charge in [0, 0.05) is 12.1 Å². The zero-order chi connectivity index (χ0) is 12.8. The molecule has 2 atom stereocenters. The van der Waals surface area contributed by atoms with Gasteiger partial charge in [-0.05, 0) is 27.1 Å². The van der Waals surface area contributed by atoms with Gasteiger partial charge < -0.3 is 5.11 Å². The second-order valence-corrected chi connectivity index (χ2v) is 3.55. The molecule has 0 saturated carbocycles. The van der Waals surface area contributed by atoms with Crippen LogP contribution in [0.3, 0.4) is 0 Å². The largest absolute Gasteiger partial charge is 0.388 e. The first-order valence-corrected chi connectivity index (χ1v) is 5.29. The Morgan fingerprint density at radius 3 is 2.53 bits per heavy atom. The molecule has 7 nitrogen and oxygen atoms in total. The van der Waals surface area contributed by atoms with E-state index in [4.69, 9.17) is 0 Å². The summed E-state index contributed by atoms with van der Waals surface area (Å²) in [6, 6.07) is 5.41. The predicted molar refractivity (Wildman–Crippen MR) is 63.7 cm³/mol. The van der Waals surface area contributed by atoms with Gasteiger partial charge in [-0.2, -0.15) is 0 Å². The average molecular weight is 257 g/mol. The monoisotopic (exact) mass is 257 g/mol. The molecular weight excluding hydrogens is 245 g/mol. The zero-order valence-corrected chi connectivity index (χ0v) is 9.95. The molecule has 0 heterocycles. The molecule has 0 radical (unpaired) electrons. The number of hydrazine groups is 1. The topological polar surface area (TPSA) is 104 Å². The molecule has 0 aromatic heterocycles. The maximum absolute atomic E-state index is 11.1. The van der Waals surface area contributed by atoms with Gasteiger partial charge in [0.05, 0.1) is 17.4 Å². The predicted octanol–water partition coefficient (Wildman–Crippen LogP) is 0.429. The molecule has 0 bridgehead atoms. The summed E-state index contributed by atoms with van der Waals surface area (Å²) < 4.78 is 0. The molecule has 2 unspecified atom stereocenters. The van der Waals surface area contributed by atoms with Crippen molar-refractivity contribution in [1.29, 1.82) is 0 Å². The zero-order valence-electron chi connectivity index (χ0n) is 8.79. The van der Waals surface area contributed by atoms with E-state index in [1.54, 1.807) is 0 Å². The number of nitrogens with zero attached hydrogens (tertiary/aromatic N) is 1.